The van der Waals surface area contributed by atoms with Crippen LogP contribution in [-0.2, 0) is 0 Å². The van der Waals surface area contributed by atoms with Crippen LogP contribution in [0, 0.1) is 6.07 Å². The van der Waals surface area contributed by atoms with E-state index in [-0.39, 0.29) is 0 Å². The molecule has 1 atom stereocenters. The van der Waals surface area contributed by atoms with E-state index in [1.54, 1.807) is 0 Å². The molecule has 91 valence electrons. The normalized spacial score (nSPS) is 19.7. The highest BCUT2D eigenvalue weighted by Gasteiger charge is 2.17. The number of hydrogen-bond donors (Lipinski definition) is 1. The average Bonchev–Trinajstić information content (AvgIpc) is 2.49. The van der Waals surface area contributed by atoms with E-state index in [0.29, 0.717) is 6.04 Å². The Labute approximate surface area is 109 Å². The molecule has 1 radical (unpaired) electrons. The van der Waals surface area contributed by atoms with Gasteiger partial charge in [-0.25, -0.2) is 0 Å². The number of piperidine rings is 1. The number of hydrogen-bond acceptors (Lipinski definition) is 1. The van der Waals surface area contributed by atoms with Crippen LogP contribution in [0.1, 0.15) is 30.9 Å². The molecule has 1 aliphatic rings. The Balaban J connectivity index is 1.99. The largest absolute Gasteiger partial charge is 0.310 e. The van der Waals surface area contributed by atoms with E-state index in [1.807, 2.05) is 6.07 Å². The standard InChI is InChI=1S/C17H18N/c1-2-8-14(9-3-1)15-10-4-5-11-16(15)17-12-6-7-13-18-17/h1-5,8-10,17-18H,6-7,12-13H2. The van der Waals surface area contributed by atoms with Gasteiger partial charge in [0.25, 0.3) is 0 Å². The lowest BCUT2D eigenvalue weighted by atomic mass is 9.90. The monoisotopic (exact) mass is 236 g/mol. The van der Waals surface area contributed by atoms with E-state index in [9.17, 15) is 0 Å². The van der Waals surface area contributed by atoms with Crippen LogP contribution in [0.5, 0.6) is 0 Å². The Morgan fingerprint density at radius 3 is 2.67 bits per heavy atom. The molecule has 1 aliphatic heterocycles. The second-order valence-corrected chi connectivity index (χ2v) is 4.87. The molecule has 0 spiro atoms. The molecule has 0 saturated carbocycles. The molecule has 1 heteroatoms. The zero-order chi connectivity index (χ0) is 12.2. The number of nitrogens with one attached hydrogen (secondary N) is 1. The summed E-state index contributed by atoms with van der Waals surface area (Å²) in [6.07, 6.45) is 3.83. The SMILES string of the molecule is [c]1cccc(-c2ccccc2)c1C1CCCCN1. The molecule has 1 unspecified atom stereocenters. The first-order chi connectivity index (χ1) is 8.95. The van der Waals surface area contributed by atoms with E-state index in [4.69, 9.17) is 0 Å². The summed E-state index contributed by atoms with van der Waals surface area (Å²) in [5.41, 5.74) is 3.93. The zero-order valence-electron chi connectivity index (χ0n) is 10.5. The summed E-state index contributed by atoms with van der Waals surface area (Å²) in [6, 6.07) is 20.8. The van der Waals surface area contributed by atoms with Crippen molar-refractivity contribution in [1.29, 1.82) is 0 Å². The minimum atomic E-state index is 0.468. The van der Waals surface area contributed by atoms with Crippen molar-refractivity contribution >= 4 is 0 Å². The maximum atomic E-state index is 3.61. The molecular formula is C17H18N. The molecule has 2 aromatic carbocycles. The van der Waals surface area contributed by atoms with Gasteiger partial charge < -0.3 is 5.32 Å². The van der Waals surface area contributed by atoms with Crippen molar-refractivity contribution in [2.45, 2.75) is 25.3 Å². The minimum Gasteiger partial charge on any atom is -0.310 e. The van der Waals surface area contributed by atoms with E-state index in [1.165, 1.54) is 36.0 Å². The molecule has 0 amide bonds. The Morgan fingerprint density at radius 2 is 1.89 bits per heavy atom. The topological polar surface area (TPSA) is 12.0 Å². The van der Waals surface area contributed by atoms with Gasteiger partial charge in [0.05, 0.1) is 0 Å². The van der Waals surface area contributed by atoms with Gasteiger partial charge in [-0.1, -0.05) is 55.0 Å². The van der Waals surface area contributed by atoms with Crippen molar-refractivity contribution in [3.63, 3.8) is 0 Å². The third-order valence-corrected chi connectivity index (χ3v) is 3.63. The molecule has 1 N–H and O–H groups in total. The number of benzene rings is 2. The molecule has 0 bridgehead atoms. The molecule has 2 aromatic rings. The van der Waals surface area contributed by atoms with Crippen LogP contribution in [0.3, 0.4) is 0 Å². The minimum absolute atomic E-state index is 0.468. The van der Waals surface area contributed by atoms with Crippen molar-refractivity contribution in [3.05, 3.63) is 60.2 Å². The van der Waals surface area contributed by atoms with Crippen molar-refractivity contribution in [1.82, 2.24) is 5.32 Å². The van der Waals surface area contributed by atoms with Crippen molar-refractivity contribution < 1.29 is 0 Å². The molecule has 1 saturated heterocycles. The van der Waals surface area contributed by atoms with E-state index in [2.05, 4.69) is 53.8 Å². The highest BCUT2D eigenvalue weighted by molar-refractivity contribution is 5.67. The maximum Gasteiger partial charge on any atom is 0.0332 e. The van der Waals surface area contributed by atoms with Crippen LogP contribution in [-0.4, -0.2) is 6.54 Å². The molecule has 18 heavy (non-hydrogen) atoms. The van der Waals surface area contributed by atoms with Crippen LogP contribution >= 0.6 is 0 Å². The summed E-state index contributed by atoms with van der Waals surface area (Å²) in [5.74, 6) is 0. The fraction of sp³-hybridized carbons (Fsp3) is 0.294. The smallest absolute Gasteiger partial charge is 0.0332 e. The van der Waals surface area contributed by atoms with Gasteiger partial charge in [0, 0.05) is 6.04 Å². The Bertz CT molecular complexity index is 498. The summed E-state index contributed by atoms with van der Waals surface area (Å²) in [4.78, 5) is 0. The highest BCUT2D eigenvalue weighted by Crippen LogP contribution is 2.31. The molecule has 0 aromatic heterocycles. The van der Waals surface area contributed by atoms with E-state index < -0.39 is 0 Å². The average molecular weight is 236 g/mol. The molecule has 1 fully saturated rings. The zero-order valence-corrected chi connectivity index (χ0v) is 10.5. The van der Waals surface area contributed by atoms with Gasteiger partial charge in [-0.3, -0.25) is 0 Å². The quantitative estimate of drug-likeness (QED) is 0.832. The van der Waals surface area contributed by atoms with Gasteiger partial charge in [0.2, 0.25) is 0 Å². The summed E-state index contributed by atoms with van der Waals surface area (Å²) < 4.78 is 0. The fourth-order valence-corrected chi connectivity index (χ4v) is 2.71. The van der Waals surface area contributed by atoms with Gasteiger partial charge in [0.15, 0.2) is 0 Å². The lowest BCUT2D eigenvalue weighted by molar-refractivity contribution is 0.412. The Kier molecular flexibility index (Phi) is 3.42. The van der Waals surface area contributed by atoms with Crippen LogP contribution in [0.4, 0.5) is 0 Å². The van der Waals surface area contributed by atoms with E-state index >= 15 is 0 Å². The fourth-order valence-electron chi connectivity index (χ4n) is 2.71. The molecule has 1 heterocycles. The van der Waals surface area contributed by atoms with Crippen molar-refractivity contribution in [3.8, 4) is 11.1 Å². The van der Waals surface area contributed by atoms with Crippen LogP contribution in [0.15, 0.2) is 48.5 Å². The van der Waals surface area contributed by atoms with Gasteiger partial charge in [-0.2, -0.15) is 0 Å². The first kappa shape index (κ1) is 11.5. The van der Waals surface area contributed by atoms with Gasteiger partial charge in [-0.15, -0.1) is 0 Å². The highest BCUT2D eigenvalue weighted by atomic mass is 14.9. The summed E-state index contributed by atoms with van der Waals surface area (Å²) in [7, 11) is 0. The van der Waals surface area contributed by atoms with E-state index in [0.717, 1.165) is 6.54 Å². The van der Waals surface area contributed by atoms with Crippen LogP contribution in [0.25, 0.3) is 11.1 Å². The maximum absolute atomic E-state index is 3.61. The Hall–Kier alpha value is -1.60. The van der Waals surface area contributed by atoms with Crippen molar-refractivity contribution in [2.24, 2.45) is 0 Å². The van der Waals surface area contributed by atoms with Crippen LogP contribution in [0.2, 0.25) is 0 Å². The Morgan fingerprint density at radius 1 is 1.00 bits per heavy atom. The summed E-state index contributed by atoms with van der Waals surface area (Å²) in [6.45, 7) is 1.13. The van der Waals surface area contributed by atoms with Gasteiger partial charge in [0.1, 0.15) is 0 Å². The van der Waals surface area contributed by atoms with Gasteiger partial charge in [-0.05, 0) is 42.1 Å². The van der Waals surface area contributed by atoms with Crippen LogP contribution < -0.4 is 5.32 Å². The second kappa shape index (κ2) is 5.36. The predicted octanol–water partition coefficient (Wildman–Crippen LogP) is 3.97. The molecule has 1 nitrogen and oxygen atoms in total. The third kappa shape index (κ3) is 2.32. The summed E-state index contributed by atoms with van der Waals surface area (Å²) >= 11 is 0. The number of rotatable bonds is 2. The lowest BCUT2D eigenvalue weighted by Gasteiger charge is -2.25. The van der Waals surface area contributed by atoms with Crippen molar-refractivity contribution in [2.75, 3.05) is 6.54 Å². The predicted molar refractivity (Wildman–Crippen MR) is 75.3 cm³/mol. The summed E-state index contributed by atoms with van der Waals surface area (Å²) in [5, 5.41) is 3.61. The van der Waals surface area contributed by atoms with Gasteiger partial charge >= 0.3 is 0 Å². The first-order valence-electron chi connectivity index (χ1n) is 6.74. The second-order valence-electron chi connectivity index (χ2n) is 4.87. The third-order valence-electron chi connectivity index (χ3n) is 3.63. The lowest BCUT2D eigenvalue weighted by Crippen LogP contribution is -2.27. The molecule has 3 rings (SSSR count). The molecular weight excluding hydrogens is 218 g/mol. The first-order valence-corrected chi connectivity index (χ1v) is 6.74. The molecule has 0 aliphatic carbocycles.